The Kier molecular flexibility index (Phi) is 2.50. The molecular formula is C11H17N3S. The van der Waals surface area contributed by atoms with E-state index in [9.17, 15) is 0 Å². The molecule has 4 heteroatoms. The van der Waals surface area contributed by atoms with Crippen molar-refractivity contribution in [3.8, 4) is 0 Å². The molecule has 0 radical (unpaired) electrons. The summed E-state index contributed by atoms with van der Waals surface area (Å²) < 4.78 is 0. The summed E-state index contributed by atoms with van der Waals surface area (Å²) in [4.78, 5) is 8.04. The van der Waals surface area contributed by atoms with Crippen molar-refractivity contribution in [1.29, 1.82) is 0 Å². The molecular weight excluding hydrogens is 206 g/mol. The zero-order valence-corrected chi connectivity index (χ0v) is 9.62. The van der Waals surface area contributed by atoms with Gasteiger partial charge in [-0.25, -0.2) is 0 Å². The van der Waals surface area contributed by atoms with Crippen LogP contribution in [0.5, 0.6) is 0 Å². The minimum Gasteiger partial charge on any atom is -0.327 e. The van der Waals surface area contributed by atoms with Crippen LogP contribution in [-0.4, -0.2) is 29.0 Å². The summed E-state index contributed by atoms with van der Waals surface area (Å²) in [6, 6.07) is 0.460. The van der Waals surface area contributed by atoms with Crippen LogP contribution in [0.4, 0.5) is 0 Å². The number of likely N-dealkylation sites (tertiary alicyclic amines) is 1. The number of thiazole rings is 1. The summed E-state index contributed by atoms with van der Waals surface area (Å²) in [5.74, 6) is 1.63. The van der Waals surface area contributed by atoms with Gasteiger partial charge in [0.2, 0.25) is 0 Å². The summed E-state index contributed by atoms with van der Waals surface area (Å²) in [6.45, 7) is 3.52. The first kappa shape index (κ1) is 9.75. The van der Waals surface area contributed by atoms with Gasteiger partial charge >= 0.3 is 0 Å². The van der Waals surface area contributed by atoms with Crippen molar-refractivity contribution < 1.29 is 0 Å². The van der Waals surface area contributed by atoms with Gasteiger partial charge in [-0.3, -0.25) is 9.88 Å². The number of hydrogen-bond donors (Lipinski definition) is 1. The minimum absolute atomic E-state index is 0.460. The third kappa shape index (κ3) is 1.82. The van der Waals surface area contributed by atoms with E-state index in [1.165, 1.54) is 30.8 Å². The van der Waals surface area contributed by atoms with Crippen LogP contribution in [0.15, 0.2) is 11.7 Å². The molecule has 0 amide bonds. The van der Waals surface area contributed by atoms with Crippen LogP contribution >= 0.6 is 11.3 Å². The summed E-state index contributed by atoms with van der Waals surface area (Å²) in [7, 11) is 0. The minimum atomic E-state index is 0.460. The molecule has 1 saturated carbocycles. The van der Waals surface area contributed by atoms with Gasteiger partial charge in [0.1, 0.15) is 0 Å². The van der Waals surface area contributed by atoms with Crippen molar-refractivity contribution in [3.05, 3.63) is 16.6 Å². The Morgan fingerprint density at radius 2 is 2.40 bits per heavy atom. The first-order chi connectivity index (χ1) is 7.33. The molecule has 2 fully saturated rings. The van der Waals surface area contributed by atoms with Crippen LogP contribution < -0.4 is 5.73 Å². The normalized spacial score (nSPS) is 35.9. The standard InChI is InChI=1S/C11H17N3S/c12-11-2-1-8-4-14(6-10(8)11)5-9-3-13-7-15-9/h3,7-8,10-11H,1-2,4-6,12H2. The smallest absolute Gasteiger partial charge is 0.0794 e. The largest absolute Gasteiger partial charge is 0.327 e. The number of aromatic nitrogens is 1. The van der Waals surface area contributed by atoms with E-state index in [0.717, 1.165) is 18.4 Å². The van der Waals surface area contributed by atoms with E-state index in [-0.39, 0.29) is 0 Å². The molecule has 3 unspecified atom stereocenters. The second kappa shape index (κ2) is 3.85. The molecule has 2 N–H and O–H groups in total. The van der Waals surface area contributed by atoms with Gasteiger partial charge in [-0.15, -0.1) is 11.3 Å². The SMILES string of the molecule is NC1CCC2CN(Cc3cncs3)CC12. The van der Waals surface area contributed by atoms with Gasteiger partial charge in [0.05, 0.1) is 5.51 Å². The number of rotatable bonds is 2. The lowest BCUT2D eigenvalue weighted by molar-refractivity contribution is 0.300. The van der Waals surface area contributed by atoms with Crippen molar-refractivity contribution in [2.24, 2.45) is 17.6 Å². The second-order valence-corrected chi connectivity index (χ2v) is 5.80. The topological polar surface area (TPSA) is 42.1 Å². The van der Waals surface area contributed by atoms with Crippen LogP contribution in [0.3, 0.4) is 0 Å². The first-order valence-electron chi connectivity index (χ1n) is 5.68. The highest BCUT2D eigenvalue weighted by molar-refractivity contribution is 7.09. The number of hydrogen-bond acceptors (Lipinski definition) is 4. The Hall–Kier alpha value is -0.450. The van der Waals surface area contributed by atoms with Gasteiger partial charge in [0, 0.05) is 36.8 Å². The fraction of sp³-hybridized carbons (Fsp3) is 0.727. The number of nitrogens with two attached hydrogens (primary N) is 1. The Bertz CT molecular complexity index is 325. The van der Waals surface area contributed by atoms with E-state index < -0.39 is 0 Å². The van der Waals surface area contributed by atoms with Crippen molar-refractivity contribution in [2.45, 2.75) is 25.4 Å². The van der Waals surface area contributed by atoms with Crippen LogP contribution in [0.2, 0.25) is 0 Å². The molecule has 2 aliphatic rings. The van der Waals surface area contributed by atoms with E-state index in [1.54, 1.807) is 11.3 Å². The highest BCUT2D eigenvalue weighted by atomic mass is 32.1. The zero-order valence-electron chi connectivity index (χ0n) is 8.80. The van der Waals surface area contributed by atoms with E-state index in [0.29, 0.717) is 6.04 Å². The molecule has 1 saturated heterocycles. The van der Waals surface area contributed by atoms with Crippen molar-refractivity contribution in [3.63, 3.8) is 0 Å². The van der Waals surface area contributed by atoms with Crippen LogP contribution in [0.1, 0.15) is 17.7 Å². The Labute approximate surface area is 94.3 Å². The van der Waals surface area contributed by atoms with Gasteiger partial charge in [0.15, 0.2) is 0 Å². The predicted octanol–water partition coefficient (Wildman–Crippen LogP) is 1.31. The summed E-state index contributed by atoms with van der Waals surface area (Å²) in [6.07, 6.45) is 4.56. The van der Waals surface area contributed by atoms with E-state index in [4.69, 9.17) is 5.73 Å². The zero-order chi connectivity index (χ0) is 10.3. The lowest BCUT2D eigenvalue weighted by Gasteiger charge is -2.17. The molecule has 82 valence electrons. The fourth-order valence-corrected chi connectivity index (χ4v) is 3.71. The van der Waals surface area contributed by atoms with Crippen molar-refractivity contribution >= 4 is 11.3 Å². The van der Waals surface area contributed by atoms with Crippen molar-refractivity contribution in [1.82, 2.24) is 9.88 Å². The molecule has 3 rings (SSSR count). The predicted molar refractivity (Wildman–Crippen MR) is 61.6 cm³/mol. The third-order valence-corrected chi connectivity index (χ3v) is 4.62. The quantitative estimate of drug-likeness (QED) is 0.822. The van der Waals surface area contributed by atoms with E-state index in [2.05, 4.69) is 9.88 Å². The molecule has 0 bridgehead atoms. The maximum absolute atomic E-state index is 6.12. The van der Waals surface area contributed by atoms with Gasteiger partial charge < -0.3 is 5.73 Å². The summed E-state index contributed by atoms with van der Waals surface area (Å²) in [5.41, 5.74) is 8.03. The lowest BCUT2D eigenvalue weighted by Crippen LogP contribution is -2.30. The second-order valence-electron chi connectivity index (χ2n) is 4.83. The fourth-order valence-electron chi connectivity index (χ4n) is 3.07. The maximum atomic E-state index is 6.12. The average Bonchev–Trinajstić information content (AvgIpc) is 2.88. The van der Waals surface area contributed by atoms with Gasteiger partial charge in [-0.05, 0) is 24.7 Å². The van der Waals surface area contributed by atoms with E-state index in [1.807, 2.05) is 11.7 Å². The summed E-state index contributed by atoms with van der Waals surface area (Å²) in [5, 5.41) is 0. The molecule has 2 heterocycles. The monoisotopic (exact) mass is 223 g/mol. The molecule has 1 aromatic rings. The number of fused-ring (bicyclic) bond motifs is 1. The molecule has 1 aliphatic heterocycles. The first-order valence-corrected chi connectivity index (χ1v) is 6.56. The van der Waals surface area contributed by atoms with Gasteiger partial charge in [-0.1, -0.05) is 0 Å². The average molecular weight is 223 g/mol. The molecule has 0 spiro atoms. The van der Waals surface area contributed by atoms with Crippen molar-refractivity contribution in [2.75, 3.05) is 13.1 Å². The van der Waals surface area contributed by atoms with Gasteiger partial charge in [0.25, 0.3) is 0 Å². The van der Waals surface area contributed by atoms with Crippen LogP contribution in [-0.2, 0) is 6.54 Å². The molecule has 3 atom stereocenters. The molecule has 0 aromatic carbocycles. The Morgan fingerprint density at radius 1 is 1.47 bits per heavy atom. The highest BCUT2D eigenvalue weighted by Crippen LogP contribution is 2.37. The van der Waals surface area contributed by atoms with E-state index >= 15 is 0 Å². The Balaban J connectivity index is 1.62. The third-order valence-electron chi connectivity index (χ3n) is 3.85. The molecule has 15 heavy (non-hydrogen) atoms. The van der Waals surface area contributed by atoms with Gasteiger partial charge in [-0.2, -0.15) is 0 Å². The lowest BCUT2D eigenvalue weighted by atomic mass is 9.98. The summed E-state index contributed by atoms with van der Waals surface area (Å²) >= 11 is 1.75. The highest BCUT2D eigenvalue weighted by Gasteiger charge is 2.40. The maximum Gasteiger partial charge on any atom is 0.0794 e. The van der Waals surface area contributed by atoms with Crippen LogP contribution in [0, 0.1) is 11.8 Å². The molecule has 3 nitrogen and oxygen atoms in total. The molecule has 1 aliphatic carbocycles. The Morgan fingerprint density at radius 3 is 3.13 bits per heavy atom. The van der Waals surface area contributed by atoms with Crippen LogP contribution in [0.25, 0.3) is 0 Å². The molecule has 1 aromatic heterocycles. The number of nitrogens with zero attached hydrogens (tertiary/aromatic N) is 2.